The van der Waals surface area contributed by atoms with E-state index in [1.54, 1.807) is 12.1 Å². The van der Waals surface area contributed by atoms with Crippen molar-refractivity contribution in [3.8, 4) is 0 Å². The molecular formula is C9H8ClFN2. The highest BCUT2D eigenvalue weighted by atomic mass is 35.5. The van der Waals surface area contributed by atoms with Gasteiger partial charge in [-0.05, 0) is 6.07 Å². The molecular weight excluding hydrogens is 191 g/mol. The molecule has 0 spiro atoms. The Bertz CT molecular complexity index is 450. The van der Waals surface area contributed by atoms with Crippen LogP contribution in [0.1, 0.15) is 5.69 Å². The molecule has 0 atom stereocenters. The molecule has 1 aromatic heterocycles. The lowest BCUT2D eigenvalue weighted by Crippen LogP contribution is -1.96. The minimum atomic E-state index is -0.306. The molecule has 0 bridgehead atoms. The van der Waals surface area contributed by atoms with Gasteiger partial charge in [0.15, 0.2) is 0 Å². The van der Waals surface area contributed by atoms with E-state index in [9.17, 15) is 4.39 Å². The van der Waals surface area contributed by atoms with Crippen molar-refractivity contribution in [3.05, 3.63) is 34.7 Å². The van der Waals surface area contributed by atoms with E-state index in [2.05, 4.69) is 4.98 Å². The van der Waals surface area contributed by atoms with Gasteiger partial charge in [-0.15, -0.1) is 0 Å². The highest BCUT2D eigenvalue weighted by Crippen LogP contribution is 2.28. The van der Waals surface area contributed by atoms with E-state index in [0.29, 0.717) is 21.6 Å². The number of nitrogens with two attached hydrogens (primary N) is 1. The molecule has 4 heteroatoms. The van der Waals surface area contributed by atoms with E-state index < -0.39 is 0 Å². The summed E-state index contributed by atoms with van der Waals surface area (Å²) < 4.78 is 13.2. The predicted octanol–water partition coefficient (Wildman–Crippen LogP) is 2.42. The first-order chi connectivity index (χ1) is 6.24. The Labute approximate surface area is 79.5 Å². The van der Waals surface area contributed by atoms with Gasteiger partial charge in [0.25, 0.3) is 0 Å². The second-order valence-electron chi connectivity index (χ2n) is 2.78. The lowest BCUT2D eigenvalue weighted by atomic mass is 10.2. The van der Waals surface area contributed by atoms with Gasteiger partial charge in [0.1, 0.15) is 5.82 Å². The fraction of sp³-hybridized carbons (Fsp3) is 0.111. The number of hydrogen-bond acceptors (Lipinski definition) is 1. The maximum Gasteiger partial charge on any atom is 0.147 e. The van der Waals surface area contributed by atoms with Crippen molar-refractivity contribution >= 4 is 22.5 Å². The van der Waals surface area contributed by atoms with E-state index in [4.69, 9.17) is 17.3 Å². The zero-order valence-electron chi connectivity index (χ0n) is 6.77. The van der Waals surface area contributed by atoms with Gasteiger partial charge in [-0.2, -0.15) is 0 Å². The van der Waals surface area contributed by atoms with Crippen molar-refractivity contribution in [2.24, 2.45) is 5.73 Å². The van der Waals surface area contributed by atoms with Crippen LogP contribution < -0.4 is 5.73 Å². The summed E-state index contributed by atoms with van der Waals surface area (Å²) in [5.74, 6) is -0.306. The predicted molar refractivity (Wildman–Crippen MR) is 51.2 cm³/mol. The SMILES string of the molecule is NCc1[nH]c2c(F)cccc2c1Cl. The summed E-state index contributed by atoms with van der Waals surface area (Å²) in [5.41, 5.74) is 6.52. The van der Waals surface area contributed by atoms with Crippen LogP contribution in [0.25, 0.3) is 10.9 Å². The first-order valence-corrected chi connectivity index (χ1v) is 4.26. The normalized spacial score (nSPS) is 11.0. The summed E-state index contributed by atoms with van der Waals surface area (Å²) in [6.07, 6.45) is 0. The molecule has 0 amide bonds. The number of aromatic nitrogens is 1. The van der Waals surface area contributed by atoms with Gasteiger partial charge in [0, 0.05) is 17.6 Å². The largest absolute Gasteiger partial charge is 0.354 e. The molecule has 0 fully saturated rings. The summed E-state index contributed by atoms with van der Waals surface area (Å²) in [7, 11) is 0. The van der Waals surface area contributed by atoms with Crippen molar-refractivity contribution < 1.29 is 4.39 Å². The summed E-state index contributed by atoms with van der Waals surface area (Å²) >= 11 is 5.95. The van der Waals surface area contributed by atoms with Crippen LogP contribution in [-0.4, -0.2) is 4.98 Å². The average molecular weight is 199 g/mol. The van der Waals surface area contributed by atoms with Crippen LogP contribution in [0, 0.1) is 5.82 Å². The second-order valence-corrected chi connectivity index (χ2v) is 3.16. The van der Waals surface area contributed by atoms with Crippen molar-refractivity contribution in [2.75, 3.05) is 0 Å². The van der Waals surface area contributed by atoms with Crippen LogP contribution in [0.15, 0.2) is 18.2 Å². The van der Waals surface area contributed by atoms with Gasteiger partial charge in [0.2, 0.25) is 0 Å². The zero-order chi connectivity index (χ0) is 9.42. The molecule has 0 radical (unpaired) electrons. The number of rotatable bonds is 1. The summed E-state index contributed by atoms with van der Waals surface area (Å²) in [6, 6.07) is 4.77. The van der Waals surface area contributed by atoms with Gasteiger partial charge in [-0.3, -0.25) is 0 Å². The van der Waals surface area contributed by atoms with Crippen LogP contribution in [0.3, 0.4) is 0 Å². The first-order valence-electron chi connectivity index (χ1n) is 3.88. The number of para-hydroxylation sites is 1. The van der Waals surface area contributed by atoms with Crippen molar-refractivity contribution in [2.45, 2.75) is 6.54 Å². The Morgan fingerprint density at radius 2 is 2.23 bits per heavy atom. The van der Waals surface area contributed by atoms with Crippen LogP contribution in [0.2, 0.25) is 5.02 Å². The summed E-state index contributed by atoms with van der Waals surface area (Å²) in [4.78, 5) is 2.85. The van der Waals surface area contributed by atoms with Crippen LogP contribution in [-0.2, 0) is 6.54 Å². The third kappa shape index (κ3) is 1.20. The third-order valence-electron chi connectivity index (χ3n) is 2.00. The Balaban J connectivity index is 2.83. The molecule has 2 nitrogen and oxygen atoms in total. The number of fused-ring (bicyclic) bond motifs is 1. The Morgan fingerprint density at radius 3 is 2.85 bits per heavy atom. The van der Waals surface area contributed by atoms with Gasteiger partial charge in [-0.25, -0.2) is 4.39 Å². The van der Waals surface area contributed by atoms with E-state index in [1.165, 1.54) is 6.07 Å². The minimum absolute atomic E-state index is 0.285. The standard InChI is InChI=1S/C9H8ClFN2/c10-8-5-2-1-3-6(11)9(5)13-7(8)4-12/h1-3,13H,4,12H2. The lowest BCUT2D eigenvalue weighted by Gasteiger charge is -1.90. The highest BCUT2D eigenvalue weighted by Gasteiger charge is 2.10. The number of nitrogens with one attached hydrogen (secondary N) is 1. The molecule has 0 aliphatic carbocycles. The second kappa shape index (κ2) is 3.01. The molecule has 1 aromatic carbocycles. The van der Waals surface area contributed by atoms with Gasteiger partial charge in [-0.1, -0.05) is 23.7 Å². The number of aromatic amines is 1. The molecule has 0 saturated heterocycles. The molecule has 68 valence electrons. The zero-order valence-corrected chi connectivity index (χ0v) is 7.53. The van der Waals surface area contributed by atoms with E-state index in [0.717, 1.165) is 0 Å². The van der Waals surface area contributed by atoms with Gasteiger partial charge < -0.3 is 10.7 Å². The quantitative estimate of drug-likeness (QED) is 0.726. The fourth-order valence-corrected chi connectivity index (χ4v) is 1.62. The smallest absolute Gasteiger partial charge is 0.147 e. The number of hydrogen-bond donors (Lipinski definition) is 2. The van der Waals surface area contributed by atoms with Crippen molar-refractivity contribution in [1.82, 2.24) is 4.98 Å². The average Bonchev–Trinajstić information content (AvgIpc) is 2.45. The van der Waals surface area contributed by atoms with E-state index >= 15 is 0 Å². The minimum Gasteiger partial charge on any atom is -0.354 e. The van der Waals surface area contributed by atoms with Crippen LogP contribution >= 0.6 is 11.6 Å². The maximum atomic E-state index is 13.2. The Morgan fingerprint density at radius 1 is 1.46 bits per heavy atom. The van der Waals surface area contributed by atoms with E-state index in [1.807, 2.05) is 0 Å². The summed E-state index contributed by atoms with van der Waals surface area (Å²) in [5, 5.41) is 1.19. The topological polar surface area (TPSA) is 41.8 Å². The molecule has 3 N–H and O–H groups in total. The molecule has 2 rings (SSSR count). The van der Waals surface area contributed by atoms with Gasteiger partial charge >= 0.3 is 0 Å². The van der Waals surface area contributed by atoms with Crippen molar-refractivity contribution in [3.63, 3.8) is 0 Å². The molecule has 13 heavy (non-hydrogen) atoms. The molecule has 0 aliphatic rings. The third-order valence-corrected chi connectivity index (χ3v) is 2.43. The maximum absolute atomic E-state index is 13.2. The molecule has 0 unspecified atom stereocenters. The fourth-order valence-electron chi connectivity index (χ4n) is 1.34. The first kappa shape index (κ1) is 8.53. The highest BCUT2D eigenvalue weighted by molar-refractivity contribution is 6.36. The molecule has 1 heterocycles. The number of H-pyrrole nitrogens is 1. The Kier molecular flexibility index (Phi) is 1.98. The summed E-state index contributed by atoms with van der Waals surface area (Å²) in [6.45, 7) is 0.285. The molecule has 0 aliphatic heterocycles. The Hall–Kier alpha value is -1.06. The lowest BCUT2D eigenvalue weighted by molar-refractivity contribution is 0.637. The monoisotopic (exact) mass is 198 g/mol. The van der Waals surface area contributed by atoms with Gasteiger partial charge in [0.05, 0.1) is 10.5 Å². The van der Waals surface area contributed by atoms with Crippen LogP contribution in [0.5, 0.6) is 0 Å². The van der Waals surface area contributed by atoms with Crippen molar-refractivity contribution in [1.29, 1.82) is 0 Å². The number of benzene rings is 1. The van der Waals surface area contributed by atoms with E-state index in [-0.39, 0.29) is 12.4 Å². The molecule has 0 saturated carbocycles. The van der Waals surface area contributed by atoms with Crippen LogP contribution in [0.4, 0.5) is 4.39 Å². The number of halogens is 2. The molecule has 2 aromatic rings.